The van der Waals surface area contributed by atoms with Crippen molar-refractivity contribution < 1.29 is 4.39 Å². The lowest BCUT2D eigenvalue weighted by Gasteiger charge is -1.96. The molecule has 0 unspecified atom stereocenters. The Balaban J connectivity index is 2.54. The summed E-state index contributed by atoms with van der Waals surface area (Å²) in [4.78, 5) is 2.74. The van der Waals surface area contributed by atoms with E-state index in [1.54, 1.807) is 18.2 Å². The fraction of sp³-hybridized carbons (Fsp3) is 0. The van der Waals surface area contributed by atoms with E-state index in [-0.39, 0.29) is 5.56 Å². The van der Waals surface area contributed by atoms with Crippen molar-refractivity contribution in [3.63, 3.8) is 0 Å². The Morgan fingerprint density at radius 2 is 1.93 bits per heavy atom. The van der Waals surface area contributed by atoms with E-state index >= 15 is 0 Å². The molecule has 1 N–H and O–H groups in total. The third-order valence-electron chi connectivity index (χ3n) is 2.00. The molecular weight excluding hydrogens is 179 g/mol. The van der Waals surface area contributed by atoms with Crippen LogP contribution in [0.4, 0.5) is 4.39 Å². The maximum absolute atomic E-state index is 13.5. The van der Waals surface area contributed by atoms with Gasteiger partial charge in [-0.1, -0.05) is 30.3 Å². The number of aromatic nitrogens is 1. The highest BCUT2D eigenvalue weighted by molar-refractivity contribution is 5.62. The third kappa shape index (κ3) is 1.27. The van der Waals surface area contributed by atoms with E-state index in [9.17, 15) is 4.39 Å². The van der Waals surface area contributed by atoms with Gasteiger partial charge in [0.25, 0.3) is 0 Å². The van der Waals surface area contributed by atoms with E-state index in [4.69, 9.17) is 5.26 Å². The quantitative estimate of drug-likeness (QED) is 0.730. The van der Waals surface area contributed by atoms with Crippen LogP contribution >= 0.6 is 0 Å². The van der Waals surface area contributed by atoms with E-state index in [1.165, 1.54) is 6.20 Å². The van der Waals surface area contributed by atoms with Crippen LogP contribution in [0, 0.1) is 17.1 Å². The van der Waals surface area contributed by atoms with E-state index in [1.807, 2.05) is 18.2 Å². The summed E-state index contributed by atoms with van der Waals surface area (Å²) < 4.78 is 13.5. The van der Waals surface area contributed by atoms with Crippen LogP contribution in [0.5, 0.6) is 0 Å². The van der Waals surface area contributed by atoms with Crippen molar-refractivity contribution in [2.24, 2.45) is 0 Å². The summed E-state index contributed by atoms with van der Waals surface area (Å²) in [7, 11) is 0. The zero-order valence-corrected chi connectivity index (χ0v) is 7.29. The predicted octanol–water partition coefficient (Wildman–Crippen LogP) is 2.69. The zero-order valence-electron chi connectivity index (χ0n) is 7.29. The lowest BCUT2D eigenvalue weighted by atomic mass is 10.1. The van der Waals surface area contributed by atoms with Crippen LogP contribution in [0.3, 0.4) is 0 Å². The average Bonchev–Trinajstić information content (AvgIpc) is 2.61. The lowest BCUT2D eigenvalue weighted by molar-refractivity contribution is 0.630. The van der Waals surface area contributed by atoms with Crippen LogP contribution in [0.25, 0.3) is 11.3 Å². The molecule has 0 aliphatic rings. The molecule has 1 heterocycles. The summed E-state index contributed by atoms with van der Waals surface area (Å²) in [6, 6.07) is 10.9. The van der Waals surface area contributed by atoms with E-state index in [2.05, 4.69) is 4.98 Å². The van der Waals surface area contributed by atoms with Gasteiger partial charge in [0.1, 0.15) is 11.6 Å². The Morgan fingerprint density at radius 3 is 2.50 bits per heavy atom. The summed E-state index contributed by atoms with van der Waals surface area (Å²) in [5.74, 6) is -0.487. The van der Waals surface area contributed by atoms with Crippen molar-refractivity contribution in [1.82, 2.24) is 4.98 Å². The third-order valence-corrected chi connectivity index (χ3v) is 2.00. The fourth-order valence-corrected chi connectivity index (χ4v) is 1.30. The number of rotatable bonds is 1. The molecule has 2 nitrogen and oxygen atoms in total. The standard InChI is InChI=1S/C11H7FN2/c12-10-9(6-13)7-14-11(10)8-4-2-1-3-5-8/h1-5,7,14H. The molecule has 14 heavy (non-hydrogen) atoms. The first-order chi connectivity index (χ1) is 6.83. The number of hydrogen-bond acceptors (Lipinski definition) is 1. The second-order valence-corrected chi connectivity index (χ2v) is 2.87. The number of halogens is 1. The Hall–Kier alpha value is -2.08. The van der Waals surface area contributed by atoms with Gasteiger partial charge in [-0.3, -0.25) is 0 Å². The Morgan fingerprint density at radius 1 is 1.21 bits per heavy atom. The van der Waals surface area contributed by atoms with Gasteiger partial charge in [-0.15, -0.1) is 0 Å². The van der Waals surface area contributed by atoms with Gasteiger partial charge < -0.3 is 4.98 Å². The van der Waals surface area contributed by atoms with Gasteiger partial charge in [-0.2, -0.15) is 5.26 Å². The van der Waals surface area contributed by atoms with Crippen molar-refractivity contribution in [2.45, 2.75) is 0 Å². The summed E-state index contributed by atoms with van der Waals surface area (Å²) in [6.07, 6.45) is 1.37. The molecule has 0 radical (unpaired) electrons. The molecular formula is C11H7FN2. The van der Waals surface area contributed by atoms with Crippen LogP contribution in [0.1, 0.15) is 5.56 Å². The van der Waals surface area contributed by atoms with Gasteiger partial charge in [-0.25, -0.2) is 4.39 Å². The molecule has 2 aromatic rings. The number of nitriles is 1. The molecule has 2 rings (SSSR count). The topological polar surface area (TPSA) is 39.6 Å². The van der Waals surface area contributed by atoms with E-state index < -0.39 is 5.82 Å². The summed E-state index contributed by atoms with van der Waals surface area (Å²) in [5, 5.41) is 8.57. The zero-order chi connectivity index (χ0) is 9.97. The molecule has 1 aromatic heterocycles. The first-order valence-electron chi connectivity index (χ1n) is 4.15. The van der Waals surface area contributed by atoms with Crippen molar-refractivity contribution in [3.8, 4) is 17.3 Å². The van der Waals surface area contributed by atoms with Crippen molar-refractivity contribution >= 4 is 0 Å². The summed E-state index contributed by atoms with van der Waals surface area (Å²) >= 11 is 0. The summed E-state index contributed by atoms with van der Waals surface area (Å²) in [5.41, 5.74) is 1.15. The molecule has 0 atom stereocenters. The molecule has 0 spiro atoms. The maximum atomic E-state index is 13.5. The Labute approximate surface area is 80.6 Å². The largest absolute Gasteiger partial charge is 0.357 e. The molecule has 0 fully saturated rings. The molecule has 0 bridgehead atoms. The average molecular weight is 186 g/mol. The number of nitrogens with one attached hydrogen (secondary N) is 1. The van der Waals surface area contributed by atoms with Gasteiger partial charge in [0.05, 0.1) is 5.69 Å². The van der Waals surface area contributed by atoms with Crippen molar-refractivity contribution in [2.75, 3.05) is 0 Å². The van der Waals surface area contributed by atoms with Gasteiger partial charge in [0.2, 0.25) is 0 Å². The number of aromatic amines is 1. The number of benzene rings is 1. The number of hydrogen-bond donors (Lipinski definition) is 1. The molecule has 1 aromatic carbocycles. The van der Waals surface area contributed by atoms with Crippen LogP contribution in [-0.2, 0) is 0 Å². The van der Waals surface area contributed by atoms with Crippen LogP contribution in [0.2, 0.25) is 0 Å². The van der Waals surface area contributed by atoms with Crippen LogP contribution in [0.15, 0.2) is 36.5 Å². The first kappa shape index (κ1) is 8.52. The number of nitrogens with zero attached hydrogens (tertiary/aromatic N) is 1. The second-order valence-electron chi connectivity index (χ2n) is 2.87. The monoisotopic (exact) mass is 186 g/mol. The maximum Gasteiger partial charge on any atom is 0.166 e. The molecule has 0 aliphatic heterocycles. The molecule has 0 amide bonds. The minimum absolute atomic E-state index is 0.0452. The van der Waals surface area contributed by atoms with Gasteiger partial charge >= 0.3 is 0 Å². The first-order valence-corrected chi connectivity index (χ1v) is 4.15. The van der Waals surface area contributed by atoms with Gasteiger partial charge in [0.15, 0.2) is 5.82 Å². The highest BCUT2D eigenvalue weighted by Crippen LogP contribution is 2.22. The van der Waals surface area contributed by atoms with E-state index in [0.717, 1.165) is 5.56 Å². The van der Waals surface area contributed by atoms with E-state index in [0.29, 0.717) is 5.69 Å². The Kier molecular flexibility index (Phi) is 2.04. The molecule has 0 saturated carbocycles. The number of H-pyrrole nitrogens is 1. The van der Waals surface area contributed by atoms with Crippen molar-refractivity contribution in [1.29, 1.82) is 5.26 Å². The summed E-state index contributed by atoms with van der Waals surface area (Å²) in [6.45, 7) is 0. The SMILES string of the molecule is N#Cc1c[nH]c(-c2ccccc2)c1F. The minimum Gasteiger partial charge on any atom is -0.357 e. The predicted molar refractivity (Wildman–Crippen MR) is 50.9 cm³/mol. The van der Waals surface area contributed by atoms with Crippen LogP contribution in [-0.4, -0.2) is 4.98 Å². The van der Waals surface area contributed by atoms with Crippen molar-refractivity contribution in [3.05, 3.63) is 47.9 Å². The molecule has 0 aliphatic carbocycles. The van der Waals surface area contributed by atoms with Gasteiger partial charge in [0, 0.05) is 11.8 Å². The lowest BCUT2D eigenvalue weighted by Crippen LogP contribution is -1.81. The normalized spacial score (nSPS) is 9.71. The fourth-order valence-electron chi connectivity index (χ4n) is 1.30. The molecule has 0 saturated heterocycles. The highest BCUT2D eigenvalue weighted by atomic mass is 19.1. The Bertz CT molecular complexity index is 480. The van der Waals surface area contributed by atoms with Gasteiger partial charge in [-0.05, 0) is 0 Å². The van der Waals surface area contributed by atoms with Crippen LogP contribution < -0.4 is 0 Å². The minimum atomic E-state index is -0.487. The molecule has 3 heteroatoms. The highest BCUT2D eigenvalue weighted by Gasteiger charge is 2.11. The molecule has 68 valence electrons. The smallest absolute Gasteiger partial charge is 0.166 e. The second kappa shape index (κ2) is 3.35.